The van der Waals surface area contributed by atoms with Gasteiger partial charge in [0.05, 0.1) is 21.7 Å². The number of piperidine rings is 2. The number of amides is 2. The third-order valence-electron chi connectivity index (χ3n) is 8.16. The number of halogens is 2. The van der Waals surface area contributed by atoms with Gasteiger partial charge in [0.2, 0.25) is 0 Å². The molecule has 1 aromatic heterocycles. The summed E-state index contributed by atoms with van der Waals surface area (Å²) in [5, 5.41) is 3.32. The van der Waals surface area contributed by atoms with Gasteiger partial charge >= 0.3 is 0 Å². The van der Waals surface area contributed by atoms with Gasteiger partial charge in [0.15, 0.2) is 0 Å². The van der Waals surface area contributed by atoms with E-state index in [-0.39, 0.29) is 22.8 Å². The van der Waals surface area contributed by atoms with Crippen LogP contribution in [0.25, 0.3) is 11.0 Å². The SMILES string of the molecule is CC(C)c1nc2c(C(=O)NCC3CCN(CC4CCN(C(=O)c5ccc(F)cc5Cl)CC4)CC3)cccc2[nH]1. The second kappa shape index (κ2) is 12.0. The number of hydrogen-bond acceptors (Lipinski definition) is 4. The molecule has 0 bridgehead atoms. The van der Waals surface area contributed by atoms with E-state index in [0.29, 0.717) is 42.6 Å². The van der Waals surface area contributed by atoms with Crippen molar-refractivity contribution in [2.24, 2.45) is 11.8 Å². The van der Waals surface area contributed by atoms with Crippen molar-refractivity contribution < 1.29 is 14.0 Å². The fourth-order valence-corrected chi connectivity index (χ4v) is 5.98. The minimum atomic E-state index is -0.437. The van der Waals surface area contributed by atoms with Gasteiger partial charge in [-0.2, -0.15) is 0 Å². The van der Waals surface area contributed by atoms with E-state index in [1.54, 1.807) is 0 Å². The first-order chi connectivity index (χ1) is 18.8. The van der Waals surface area contributed by atoms with Crippen molar-refractivity contribution in [1.82, 2.24) is 25.1 Å². The summed E-state index contributed by atoms with van der Waals surface area (Å²) in [5.74, 6) is 1.57. The molecule has 7 nitrogen and oxygen atoms in total. The van der Waals surface area contributed by atoms with Crippen LogP contribution >= 0.6 is 11.6 Å². The first-order valence-corrected chi connectivity index (χ1v) is 14.4. The number of likely N-dealkylation sites (tertiary alicyclic amines) is 2. The summed E-state index contributed by atoms with van der Waals surface area (Å²) < 4.78 is 13.3. The highest BCUT2D eigenvalue weighted by molar-refractivity contribution is 6.33. The van der Waals surface area contributed by atoms with Crippen molar-refractivity contribution in [3.63, 3.8) is 0 Å². The topological polar surface area (TPSA) is 81.3 Å². The van der Waals surface area contributed by atoms with E-state index in [1.807, 2.05) is 23.1 Å². The highest BCUT2D eigenvalue weighted by Gasteiger charge is 2.28. The molecule has 0 radical (unpaired) electrons. The largest absolute Gasteiger partial charge is 0.352 e. The van der Waals surface area contributed by atoms with Crippen LogP contribution in [-0.4, -0.2) is 70.9 Å². The Kier molecular flexibility index (Phi) is 8.52. The van der Waals surface area contributed by atoms with Crippen molar-refractivity contribution in [3.8, 4) is 0 Å². The lowest BCUT2D eigenvalue weighted by Crippen LogP contribution is -2.44. The maximum Gasteiger partial charge on any atom is 0.255 e. The molecule has 0 unspecified atom stereocenters. The predicted molar refractivity (Wildman–Crippen MR) is 152 cm³/mol. The number of aromatic amines is 1. The van der Waals surface area contributed by atoms with Crippen LogP contribution in [0.5, 0.6) is 0 Å². The molecule has 2 N–H and O–H groups in total. The van der Waals surface area contributed by atoms with Crippen LogP contribution in [0.2, 0.25) is 5.02 Å². The number of imidazole rings is 1. The molecular formula is C30H37ClFN5O2. The van der Waals surface area contributed by atoms with Crippen LogP contribution < -0.4 is 5.32 Å². The van der Waals surface area contributed by atoms with Gasteiger partial charge in [-0.25, -0.2) is 9.37 Å². The van der Waals surface area contributed by atoms with Crippen molar-refractivity contribution in [3.05, 3.63) is 64.2 Å². The number of fused-ring (bicyclic) bond motifs is 1. The summed E-state index contributed by atoms with van der Waals surface area (Å²) in [6, 6.07) is 9.65. The van der Waals surface area contributed by atoms with E-state index in [1.165, 1.54) is 18.2 Å². The molecule has 3 aromatic rings. The molecule has 0 atom stereocenters. The molecule has 2 amide bonds. The van der Waals surface area contributed by atoms with Gasteiger partial charge in [-0.05, 0) is 80.9 Å². The number of rotatable bonds is 7. The lowest BCUT2D eigenvalue weighted by atomic mass is 9.92. The first kappa shape index (κ1) is 27.6. The highest BCUT2D eigenvalue weighted by atomic mass is 35.5. The first-order valence-electron chi connectivity index (χ1n) is 14.0. The Morgan fingerprint density at radius 3 is 2.46 bits per heavy atom. The Morgan fingerprint density at radius 2 is 1.77 bits per heavy atom. The Bertz CT molecular complexity index is 1330. The molecule has 2 aliphatic heterocycles. The van der Waals surface area contributed by atoms with Crippen molar-refractivity contribution in [1.29, 1.82) is 0 Å². The third kappa shape index (κ3) is 6.44. The second-order valence-corrected chi connectivity index (χ2v) is 11.7. The number of carbonyl (C=O) groups excluding carboxylic acids is 2. The smallest absolute Gasteiger partial charge is 0.255 e. The molecule has 208 valence electrons. The van der Waals surface area contributed by atoms with Crippen LogP contribution in [0.3, 0.4) is 0 Å². The van der Waals surface area contributed by atoms with Gasteiger partial charge in [0, 0.05) is 32.1 Å². The number of benzene rings is 2. The molecule has 0 aliphatic carbocycles. The Labute approximate surface area is 234 Å². The average Bonchev–Trinajstić information content (AvgIpc) is 3.38. The molecule has 2 aromatic carbocycles. The zero-order valence-electron chi connectivity index (χ0n) is 22.7. The standard InChI is InChI=1S/C30H37ClFN5O2/c1-19(2)28-34-26-5-3-4-24(27(26)35-28)29(38)33-17-20-8-12-36(13-9-20)18-21-10-14-37(15-11-21)30(39)23-7-6-22(32)16-25(23)31/h3-7,16,19-21H,8-15,17-18H2,1-2H3,(H,33,38)(H,34,35). The number of hydrogen-bond donors (Lipinski definition) is 2. The summed E-state index contributed by atoms with van der Waals surface area (Å²) in [4.78, 5) is 38.1. The summed E-state index contributed by atoms with van der Waals surface area (Å²) in [6.45, 7) is 9.33. The molecule has 5 rings (SSSR count). The van der Waals surface area contributed by atoms with E-state index < -0.39 is 5.82 Å². The Morgan fingerprint density at radius 1 is 1.05 bits per heavy atom. The van der Waals surface area contributed by atoms with E-state index in [4.69, 9.17) is 11.6 Å². The molecule has 3 heterocycles. The fourth-order valence-electron chi connectivity index (χ4n) is 5.73. The van der Waals surface area contributed by atoms with E-state index in [0.717, 1.165) is 62.2 Å². The molecule has 2 fully saturated rings. The quantitative estimate of drug-likeness (QED) is 0.406. The second-order valence-electron chi connectivity index (χ2n) is 11.3. The summed E-state index contributed by atoms with van der Waals surface area (Å²) >= 11 is 6.10. The monoisotopic (exact) mass is 553 g/mol. The summed E-state index contributed by atoms with van der Waals surface area (Å²) in [6.07, 6.45) is 4.03. The highest BCUT2D eigenvalue weighted by Crippen LogP contribution is 2.26. The maximum absolute atomic E-state index is 13.3. The number of carbonyl (C=O) groups is 2. The molecular weight excluding hydrogens is 517 g/mol. The summed E-state index contributed by atoms with van der Waals surface area (Å²) in [5.41, 5.74) is 2.63. The van der Waals surface area contributed by atoms with E-state index in [9.17, 15) is 14.0 Å². The molecule has 2 aliphatic rings. The minimum absolute atomic E-state index is 0.0620. The van der Waals surface area contributed by atoms with E-state index >= 15 is 0 Å². The van der Waals surface area contributed by atoms with Crippen LogP contribution in [0.4, 0.5) is 4.39 Å². The number of para-hydroxylation sites is 1. The van der Waals surface area contributed by atoms with Crippen LogP contribution in [0.1, 0.15) is 72.0 Å². The third-order valence-corrected chi connectivity index (χ3v) is 8.47. The lowest BCUT2D eigenvalue weighted by Gasteiger charge is -2.37. The van der Waals surface area contributed by atoms with E-state index in [2.05, 4.69) is 34.0 Å². The van der Waals surface area contributed by atoms with Crippen molar-refractivity contribution in [2.45, 2.75) is 45.4 Å². The number of H-pyrrole nitrogens is 1. The molecule has 39 heavy (non-hydrogen) atoms. The summed E-state index contributed by atoms with van der Waals surface area (Å²) in [7, 11) is 0. The Hall–Kier alpha value is -2.97. The molecule has 2 saturated heterocycles. The fraction of sp³-hybridized carbons (Fsp3) is 0.500. The van der Waals surface area contributed by atoms with Crippen LogP contribution in [-0.2, 0) is 0 Å². The zero-order valence-corrected chi connectivity index (χ0v) is 23.4. The maximum atomic E-state index is 13.3. The Balaban J connectivity index is 1.05. The van der Waals surface area contributed by atoms with Gasteiger partial charge in [-0.1, -0.05) is 31.5 Å². The van der Waals surface area contributed by atoms with Crippen LogP contribution in [0, 0.1) is 17.7 Å². The molecule has 0 saturated carbocycles. The zero-order chi connectivity index (χ0) is 27.5. The van der Waals surface area contributed by atoms with Crippen molar-refractivity contribution >= 4 is 34.4 Å². The minimum Gasteiger partial charge on any atom is -0.352 e. The number of nitrogens with zero attached hydrogens (tertiary/aromatic N) is 3. The van der Waals surface area contributed by atoms with Gasteiger partial charge in [0.25, 0.3) is 11.8 Å². The molecule has 9 heteroatoms. The normalized spacial score (nSPS) is 17.7. The van der Waals surface area contributed by atoms with Crippen LogP contribution in [0.15, 0.2) is 36.4 Å². The average molecular weight is 554 g/mol. The number of nitrogens with one attached hydrogen (secondary N) is 2. The van der Waals surface area contributed by atoms with Gasteiger partial charge in [0.1, 0.15) is 17.2 Å². The molecule has 0 spiro atoms. The van der Waals surface area contributed by atoms with Gasteiger partial charge in [-0.15, -0.1) is 0 Å². The number of aromatic nitrogens is 2. The van der Waals surface area contributed by atoms with Gasteiger partial charge < -0.3 is 20.1 Å². The van der Waals surface area contributed by atoms with Gasteiger partial charge in [-0.3, -0.25) is 9.59 Å². The lowest BCUT2D eigenvalue weighted by molar-refractivity contribution is 0.0652. The van der Waals surface area contributed by atoms with Crippen molar-refractivity contribution in [2.75, 3.05) is 39.3 Å². The predicted octanol–water partition coefficient (Wildman–Crippen LogP) is 5.47.